The molecular weight excluding hydrogens is 450 g/mol. The summed E-state index contributed by atoms with van der Waals surface area (Å²) in [6, 6.07) is 4.38. The number of ether oxygens (including phenoxy) is 2. The van der Waals surface area contributed by atoms with Crippen LogP contribution in [0.5, 0.6) is 0 Å². The van der Waals surface area contributed by atoms with Crippen LogP contribution in [0, 0.1) is 16.7 Å². The minimum atomic E-state index is -1.26. The van der Waals surface area contributed by atoms with Crippen molar-refractivity contribution in [3.63, 3.8) is 0 Å². The first-order valence-electron chi connectivity index (χ1n) is 11.5. The summed E-state index contributed by atoms with van der Waals surface area (Å²) in [5, 5.41) is 9.95. The van der Waals surface area contributed by atoms with Gasteiger partial charge in [0.05, 0.1) is 6.07 Å². The van der Waals surface area contributed by atoms with Crippen molar-refractivity contribution < 1.29 is 14.3 Å². The number of hydrogen-bond acceptors (Lipinski definition) is 6. The summed E-state index contributed by atoms with van der Waals surface area (Å²) in [5.74, 6) is 1.31. The zero-order chi connectivity index (χ0) is 24.5. The minimum Gasteiger partial charge on any atom is -0.361 e. The van der Waals surface area contributed by atoms with Crippen LogP contribution in [0.15, 0.2) is 24.8 Å². The van der Waals surface area contributed by atoms with E-state index in [0.29, 0.717) is 38.3 Å². The highest BCUT2D eigenvalue weighted by Crippen LogP contribution is 2.25. The molecule has 0 N–H and O–H groups in total. The van der Waals surface area contributed by atoms with Crippen LogP contribution in [-0.2, 0) is 40.6 Å². The Morgan fingerprint density at radius 2 is 1.33 bits per heavy atom. The van der Waals surface area contributed by atoms with Gasteiger partial charge in [-0.05, 0) is 12.1 Å². The number of hydrogen-bond donors (Lipinski definition) is 0. The number of nitrogens with zero attached hydrogens (tertiary/aromatic N) is 5. The summed E-state index contributed by atoms with van der Waals surface area (Å²) in [5.41, 5.74) is -1.26. The summed E-state index contributed by atoms with van der Waals surface area (Å²) in [7, 11) is -2.33. The number of carbonyl (C=O) groups is 1. The molecule has 0 aliphatic carbocycles. The van der Waals surface area contributed by atoms with Gasteiger partial charge in [0.1, 0.15) is 36.8 Å². The second kappa shape index (κ2) is 11.9. The van der Waals surface area contributed by atoms with Crippen LogP contribution < -0.4 is 0 Å². The topological polar surface area (TPSA) is 95.0 Å². The Hall–Kier alpha value is -2.07. The zero-order valence-electron chi connectivity index (χ0n) is 21.0. The van der Waals surface area contributed by atoms with Gasteiger partial charge in [0.2, 0.25) is 0 Å². The monoisotopic (exact) mass is 489 g/mol. The van der Waals surface area contributed by atoms with E-state index >= 15 is 0 Å². The first-order valence-corrected chi connectivity index (χ1v) is 18.9. The number of rotatable bonds is 15. The number of nitriles is 1. The van der Waals surface area contributed by atoms with Crippen molar-refractivity contribution in [1.82, 2.24) is 19.1 Å². The largest absolute Gasteiger partial charge is 0.361 e. The molecule has 0 atom stereocenters. The summed E-state index contributed by atoms with van der Waals surface area (Å²) >= 11 is 0. The maximum Gasteiger partial charge on any atom is 0.141 e. The molecule has 0 saturated carbocycles. The van der Waals surface area contributed by atoms with Crippen molar-refractivity contribution in [3.05, 3.63) is 36.4 Å². The van der Waals surface area contributed by atoms with Gasteiger partial charge in [-0.15, -0.1) is 0 Å². The first kappa shape index (κ1) is 27.2. The number of imidazole rings is 2. The van der Waals surface area contributed by atoms with Crippen LogP contribution >= 0.6 is 0 Å². The van der Waals surface area contributed by atoms with Crippen LogP contribution in [0.1, 0.15) is 11.6 Å². The van der Waals surface area contributed by atoms with E-state index in [2.05, 4.69) is 55.3 Å². The van der Waals surface area contributed by atoms with E-state index in [0.717, 1.165) is 18.4 Å². The Bertz CT molecular complexity index is 859. The van der Waals surface area contributed by atoms with Crippen LogP contribution in [-0.4, -0.2) is 54.7 Å². The molecule has 2 rings (SSSR count). The zero-order valence-corrected chi connectivity index (χ0v) is 23.0. The van der Waals surface area contributed by atoms with Crippen molar-refractivity contribution in [2.75, 3.05) is 13.2 Å². The quantitative estimate of drug-likeness (QED) is 0.211. The highest BCUT2D eigenvalue weighted by Gasteiger charge is 2.34. The summed E-state index contributed by atoms with van der Waals surface area (Å²) in [6.07, 6.45) is 8.12. The SMILES string of the molecule is C[Si](C)(C)CCOCn1ccnc1CC(C#N)(C=O)Cc1nccn1COCC[Si](C)(C)C. The summed E-state index contributed by atoms with van der Waals surface area (Å²) in [6.45, 7) is 16.0. The molecule has 0 radical (unpaired) electrons. The van der Waals surface area contributed by atoms with Crippen LogP contribution in [0.2, 0.25) is 51.4 Å². The molecule has 33 heavy (non-hydrogen) atoms. The van der Waals surface area contributed by atoms with Crippen molar-refractivity contribution in [3.8, 4) is 6.07 Å². The average Bonchev–Trinajstić information content (AvgIpc) is 3.35. The van der Waals surface area contributed by atoms with Crippen LogP contribution in [0.3, 0.4) is 0 Å². The van der Waals surface area contributed by atoms with Crippen LogP contribution in [0.25, 0.3) is 0 Å². The fourth-order valence-electron chi connectivity index (χ4n) is 3.15. The van der Waals surface area contributed by atoms with Gasteiger partial charge in [-0.25, -0.2) is 9.97 Å². The van der Waals surface area contributed by atoms with Crippen molar-refractivity contribution >= 4 is 22.4 Å². The highest BCUT2D eigenvalue weighted by atomic mass is 28.3. The minimum absolute atomic E-state index is 0.195. The van der Waals surface area contributed by atoms with Gasteiger partial charge >= 0.3 is 0 Å². The molecule has 0 aliphatic heterocycles. The Morgan fingerprint density at radius 3 is 1.67 bits per heavy atom. The van der Waals surface area contributed by atoms with E-state index < -0.39 is 21.6 Å². The van der Waals surface area contributed by atoms with Crippen molar-refractivity contribution in [1.29, 1.82) is 5.26 Å². The Labute approximate surface area is 200 Å². The second-order valence-corrected chi connectivity index (χ2v) is 22.3. The van der Waals surface area contributed by atoms with E-state index in [-0.39, 0.29) is 12.8 Å². The third-order valence-electron chi connectivity index (χ3n) is 5.45. The molecule has 0 spiro atoms. The number of carbonyl (C=O) groups excluding carboxylic acids is 1. The standard InChI is InChI=1S/C23H39N5O3Si2/c1-32(2,3)13-11-30-19-27-9-7-25-21(27)15-23(17-24,18-29)16-22-26-8-10-28(22)20-31-12-14-33(4,5)6/h7-10,18H,11-16,19-20H2,1-6H3. The summed E-state index contributed by atoms with van der Waals surface area (Å²) in [4.78, 5) is 20.9. The molecule has 2 aromatic rings. The highest BCUT2D eigenvalue weighted by molar-refractivity contribution is 6.76. The van der Waals surface area contributed by atoms with E-state index in [4.69, 9.17) is 9.47 Å². The van der Waals surface area contributed by atoms with E-state index in [9.17, 15) is 10.1 Å². The predicted octanol–water partition coefficient (Wildman–Crippen LogP) is 4.20. The lowest BCUT2D eigenvalue weighted by molar-refractivity contribution is -0.113. The van der Waals surface area contributed by atoms with Gasteiger partial charge in [0.15, 0.2) is 0 Å². The molecule has 0 unspecified atom stereocenters. The molecule has 0 saturated heterocycles. The molecule has 2 aromatic heterocycles. The van der Waals surface area contributed by atoms with Gasteiger partial charge in [0, 0.05) is 67.0 Å². The third kappa shape index (κ3) is 9.37. The van der Waals surface area contributed by atoms with E-state index in [1.54, 1.807) is 12.4 Å². The lowest BCUT2D eigenvalue weighted by atomic mass is 9.83. The second-order valence-electron chi connectivity index (χ2n) is 11.1. The number of aldehydes is 1. The third-order valence-corrected chi connectivity index (χ3v) is 8.86. The normalized spacial score (nSPS) is 12.6. The Morgan fingerprint density at radius 1 is 0.909 bits per heavy atom. The van der Waals surface area contributed by atoms with Gasteiger partial charge in [-0.1, -0.05) is 39.3 Å². The molecule has 8 nitrogen and oxygen atoms in total. The molecular formula is C23H39N5O3Si2. The Balaban J connectivity index is 2.02. The Kier molecular flexibility index (Phi) is 9.78. The van der Waals surface area contributed by atoms with Gasteiger partial charge < -0.3 is 23.4 Å². The summed E-state index contributed by atoms with van der Waals surface area (Å²) < 4.78 is 15.4. The van der Waals surface area contributed by atoms with Gasteiger partial charge in [0.25, 0.3) is 0 Å². The molecule has 0 bridgehead atoms. The fraction of sp³-hybridized carbons (Fsp3) is 0.652. The molecule has 182 valence electrons. The number of aromatic nitrogens is 4. The molecule has 0 fully saturated rings. The molecule has 2 heterocycles. The molecule has 0 amide bonds. The molecule has 0 aliphatic rings. The van der Waals surface area contributed by atoms with Gasteiger partial charge in [-0.3, -0.25) is 0 Å². The van der Waals surface area contributed by atoms with E-state index in [1.807, 2.05) is 21.5 Å². The van der Waals surface area contributed by atoms with E-state index in [1.165, 1.54) is 0 Å². The smallest absolute Gasteiger partial charge is 0.141 e. The predicted molar refractivity (Wildman–Crippen MR) is 134 cm³/mol. The maximum absolute atomic E-state index is 12.1. The first-order chi connectivity index (χ1) is 15.5. The molecule has 0 aromatic carbocycles. The fourth-order valence-corrected chi connectivity index (χ4v) is 4.66. The lowest BCUT2D eigenvalue weighted by Crippen LogP contribution is -2.30. The van der Waals surface area contributed by atoms with Crippen molar-refractivity contribution in [2.45, 2.75) is 77.7 Å². The lowest BCUT2D eigenvalue weighted by Gasteiger charge is -2.21. The van der Waals surface area contributed by atoms with Crippen molar-refractivity contribution in [2.24, 2.45) is 5.41 Å². The van der Waals surface area contributed by atoms with Crippen LogP contribution in [0.4, 0.5) is 0 Å². The molecule has 10 heteroatoms. The average molecular weight is 490 g/mol. The van der Waals surface area contributed by atoms with Gasteiger partial charge in [-0.2, -0.15) is 5.26 Å². The maximum atomic E-state index is 12.1.